The van der Waals surface area contributed by atoms with Crippen LogP contribution in [-0.4, -0.2) is 14.5 Å². The number of fused-ring (bicyclic) bond motifs is 1. The average Bonchev–Trinajstić information content (AvgIpc) is 2.89. The summed E-state index contributed by atoms with van der Waals surface area (Å²) in [6, 6.07) is 8.15. The minimum Gasteiger partial charge on any atom is -0.325 e. The van der Waals surface area contributed by atoms with Gasteiger partial charge in [-0.25, -0.2) is 4.98 Å². The Kier molecular flexibility index (Phi) is 1.99. The third kappa shape index (κ3) is 1.53. The van der Waals surface area contributed by atoms with E-state index in [2.05, 4.69) is 20.6 Å². The van der Waals surface area contributed by atoms with Gasteiger partial charge in [0.1, 0.15) is 0 Å². The molecule has 0 saturated carbocycles. The molecule has 0 radical (unpaired) electrons. The van der Waals surface area contributed by atoms with Gasteiger partial charge in [0.25, 0.3) is 0 Å². The molecule has 0 unspecified atom stereocenters. The number of rotatable bonds is 2. The number of aromatic nitrogens is 3. The summed E-state index contributed by atoms with van der Waals surface area (Å²) in [7, 11) is 0. The van der Waals surface area contributed by atoms with Gasteiger partial charge in [-0.15, -0.1) is 11.3 Å². The Balaban J connectivity index is 2.05. The third-order valence-electron chi connectivity index (χ3n) is 2.34. The van der Waals surface area contributed by atoms with Crippen molar-refractivity contribution in [3.05, 3.63) is 47.2 Å². The molecule has 0 N–H and O–H groups in total. The molecule has 15 heavy (non-hydrogen) atoms. The highest BCUT2D eigenvalue weighted by Crippen LogP contribution is 2.15. The van der Waals surface area contributed by atoms with E-state index in [4.69, 9.17) is 0 Å². The van der Waals surface area contributed by atoms with Crippen molar-refractivity contribution in [1.82, 2.24) is 14.5 Å². The van der Waals surface area contributed by atoms with Crippen LogP contribution < -0.4 is 0 Å². The summed E-state index contributed by atoms with van der Waals surface area (Å²) in [6.07, 6.45) is 3.78. The Morgan fingerprint density at radius 2 is 2.20 bits per heavy atom. The first kappa shape index (κ1) is 8.61. The summed E-state index contributed by atoms with van der Waals surface area (Å²) in [6.45, 7) is 0.852. The van der Waals surface area contributed by atoms with Gasteiger partial charge in [-0.05, 0) is 12.1 Å². The highest BCUT2D eigenvalue weighted by atomic mass is 32.1. The van der Waals surface area contributed by atoms with E-state index >= 15 is 0 Å². The molecule has 0 bridgehead atoms. The number of para-hydroxylation sites is 2. The fourth-order valence-corrected chi connectivity index (χ4v) is 2.22. The molecule has 2 heterocycles. The van der Waals surface area contributed by atoms with Crippen molar-refractivity contribution < 1.29 is 0 Å². The molecule has 0 aliphatic rings. The fraction of sp³-hybridized carbons (Fsp3) is 0.0909. The predicted molar refractivity (Wildman–Crippen MR) is 60.9 cm³/mol. The zero-order valence-corrected chi connectivity index (χ0v) is 8.81. The summed E-state index contributed by atoms with van der Waals surface area (Å²) in [5, 5.41) is 0. The molecule has 0 amide bonds. The van der Waals surface area contributed by atoms with Gasteiger partial charge < -0.3 is 4.57 Å². The summed E-state index contributed by atoms with van der Waals surface area (Å²) < 4.78 is 2.14. The topological polar surface area (TPSA) is 30.7 Å². The predicted octanol–water partition coefficient (Wildman–Crippen LogP) is 2.54. The van der Waals surface area contributed by atoms with Gasteiger partial charge in [-0.1, -0.05) is 12.1 Å². The molecule has 0 fully saturated rings. The van der Waals surface area contributed by atoms with Crippen LogP contribution in [0.15, 0.2) is 42.3 Å². The molecule has 3 aromatic rings. The van der Waals surface area contributed by atoms with Gasteiger partial charge in [0.05, 0.1) is 29.4 Å². The second kappa shape index (κ2) is 3.47. The second-order valence-electron chi connectivity index (χ2n) is 3.33. The number of nitrogens with zero attached hydrogens (tertiary/aromatic N) is 3. The zero-order chi connectivity index (χ0) is 10.1. The van der Waals surface area contributed by atoms with Crippen molar-refractivity contribution in [2.24, 2.45) is 0 Å². The SMILES string of the molecule is c1ccc2c(c1)ncn2Cc1cncs1. The van der Waals surface area contributed by atoms with E-state index < -0.39 is 0 Å². The smallest absolute Gasteiger partial charge is 0.0961 e. The van der Waals surface area contributed by atoms with Crippen molar-refractivity contribution in [2.45, 2.75) is 6.54 Å². The minimum atomic E-state index is 0.852. The molecular weight excluding hydrogens is 206 g/mol. The van der Waals surface area contributed by atoms with Gasteiger partial charge >= 0.3 is 0 Å². The van der Waals surface area contributed by atoms with Gasteiger partial charge in [0.15, 0.2) is 0 Å². The molecule has 3 rings (SSSR count). The maximum Gasteiger partial charge on any atom is 0.0961 e. The monoisotopic (exact) mass is 215 g/mol. The molecule has 0 atom stereocenters. The van der Waals surface area contributed by atoms with Crippen LogP contribution in [-0.2, 0) is 6.54 Å². The average molecular weight is 215 g/mol. The van der Waals surface area contributed by atoms with Crippen LogP contribution in [0.25, 0.3) is 11.0 Å². The largest absolute Gasteiger partial charge is 0.325 e. The van der Waals surface area contributed by atoms with E-state index in [-0.39, 0.29) is 0 Å². The quantitative estimate of drug-likeness (QED) is 0.657. The Labute approximate surface area is 91.0 Å². The number of imidazole rings is 1. The summed E-state index contributed by atoms with van der Waals surface area (Å²) in [5.41, 5.74) is 4.07. The number of thiazole rings is 1. The maximum atomic E-state index is 4.35. The lowest BCUT2D eigenvalue weighted by Gasteiger charge is -2.00. The Morgan fingerprint density at radius 1 is 1.27 bits per heavy atom. The van der Waals surface area contributed by atoms with Crippen LogP contribution in [0.3, 0.4) is 0 Å². The molecule has 2 aromatic heterocycles. The first-order valence-corrected chi connectivity index (χ1v) is 5.59. The Morgan fingerprint density at radius 3 is 3.07 bits per heavy atom. The van der Waals surface area contributed by atoms with Gasteiger partial charge in [-0.3, -0.25) is 4.98 Å². The highest BCUT2D eigenvalue weighted by Gasteiger charge is 2.02. The van der Waals surface area contributed by atoms with E-state index in [0.717, 1.165) is 12.1 Å². The van der Waals surface area contributed by atoms with Crippen LogP contribution in [0.1, 0.15) is 4.88 Å². The minimum absolute atomic E-state index is 0.852. The van der Waals surface area contributed by atoms with Crippen molar-refractivity contribution in [3.8, 4) is 0 Å². The van der Waals surface area contributed by atoms with E-state index in [1.807, 2.05) is 36.2 Å². The van der Waals surface area contributed by atoms with E-state index in [1.54, 1.807) is 11.3 Å². The summed E-state index contributed by atoms with van der Waals surface area (Å²) in [5.74, 6) is 0. The van der Waals surface area contributed by atoms with Crippen molar-refractivity contribution in [1.29, 1.82) is 0 Å². The van der Waals surface area contributed by atoms with Gasteiger partial charge in [0.2, 0.25) is 0 Å². The molecule has 74 valence electrons. The van der Waals surface area contributed by atoms with E-state index in [0.29, 0.717) is 0 Å². The van der Waals surface area contributed by atoms with Crippen LogP contribution in [0, 0.1) is 0 Å². The van der Waals surface area contributed by atoms with Crippen LogP contribution in [0.2, 0.25) is 0 Å². The van der Waals surface area contributed by atoms with Crippen molar-refractivity contribution >= 4 is 22.4 Å². The maximum absolute atomic E-state index is 4.35. The third-order valence-corrected chi connectivity index (χ3v) is 3.10. The zero-order valence-electron chi connectivity index (χ0n) is 8.00. The standard InChI is InChI=1S/C11H9N3S/c1-2-4-11-10(3-1)13-7-14(11)6-9-5-12-8-15-9/h1-5,7-8H,6H2. The number of hydrogen-bond acceptors (Lipinski definition) is 3. The highest BCUT2D eigenvalue weighted by molar-refractivity contribution is 7.09. The molecule has 0 aliphatic heterocycles. The first-order chi connectivity index (χ1) is 7.43. The first-order valence-electron chi connectivity index (χ1n) is 4.71. The van der Waals surface area contributed by atoms with Gasteiger partial charge in [-0.2, -0.15) is 0 Å². The van der Waals surface area contributed by atoms with E-state index in [1.165, 1.54) is 10.4 Å². The van der Waals surface area contributed by atoms with Crippen LogP contribution in [0.5, 0.6) is 0 Å². The van der Waals surface area contributed by atoms with Crippen molar-refractivity contribution in [2.75, 3.05) is 0 Å². The lowest BCUT2D eigenvalue weighted by Crippen LogP contribution is -1.95. The second-order valence-corrected chi connectivity index (χ2v) is 4.30. The molecule has 4 heteroatoms. The van der Waals surface area contributed by atoms with Crippen molar-refractivity contribution in [3.63, 3.8) is 0 Å². The summed E-state index contributed by atoms with van der Waals surface area (Å²) >= 11 is 1.67. The molecule has 1 aromatic carbocycles. The number of benzene rings is 1. The summed E-state index contributed by atoms with van der Waals surface area (Å²) in [4.78, 5) is 9.66. The molecular formula is C11H9N3S. The molecule has 0 aliphatic carbocycles. The Hall–Kier alpha value is -1.68. The Bertz CT molecular complexity index is 568. The lowest BCUT2D eigenvalue weighted by atomic mass is 10.3. The van der Waals surface area contributed by atoms with E-state index in [9.17, 15) is 0 Å². The molecule has 0 saturated heterocycles. The van der Waals surface area contributed by atoms with Gasteiger partial charge in [0, 0.05) is 11.1 Å². The van der Waals surface area contributed by atoms with Crippen LogP contribution in [0.4, 0.5) is 0 Å². The van der Waals surface area contributed by atoms with Crippen LogP contribution >= 0.6 is 11.3 Å². The normalized spacial score (nSPS) is 10.9. The fourth-order valence-electron chi connectivity index (χ4n) is 1.62. The molecule has 0 spiro atoms. The lowest BCUT2D eigenvalue weighted by molar-refractivity contribution is 0.836. The number of hydrogen-bond donors (Lipinski definition) is 0. The molecule has 3 nitrogen and oxygen atoms in total.